The number of nitrogens with one attached hydrogen (secondary N) is 1. The fraction of sp³-hybridized carbons (Fsp3) is 0.120. The molecule has 2 aliphatic heterocycles. The SMILES string of the molecule is O=C(Nc1ccc2c(c1)C(F)(F)C(F)(F)O2)n1cc(-c2ccc(F)cc2)c(-c2ccc3c(c2)OCO3)n1. The van der Waals surface area contributed by atoms with Crippen LogP contribution in [0.5, 0.6) is 17.2 Å². The van der Waals surface area contributed by atoms with E-state index in [1.807, 2.05) is 0 Å². The van der Waals surface area contributed by atoms with E-state index in [0.717, 1.165) is 22.9 Å². The zero-order chi connectivity index (χ0) is 25.9. The molecular formula is C25H14F5N3O4. The van der Waals surface area contributed by atoms with E-state index in [4.69, 9.17) is 9.47 Å². The summed E-state index contributed by atoms with van der Waals surface area (Å²) in [6, 6.07) is 12.5. The van der Waals surface area contributed by atoms with Crippen molar-refractivity contribution in [1.29, 1.82) is 0 Å². The number of alkyl halides is 4. The highest BCUT2D eigenvalue weighted by Crippen LogP contribution is 2.53. The van der Waals surface area contributed by atoms with Crippen molar-refractivity contribution in [3.05, 3.63) is 78.2 Å². The topological polar surface area (TPSA) is 74.6 Å². The van der Waals surface area contributed by atoms with Gasteiger partial charge in [0.15, 0.2) is 11.5 Å². The van der Waals surface area contributed by atoms with Gasteiger partial charge in [-0.3, -0.25) is 0 Å². The molecule has 1 aromatic heterocycles. The minimum absolute atomic E-state index is 0.0528. The number of ether oxygens (including phenoxy) is 3. The van der Waals surface area contributed by atoms with Crippen LogP contribution in [0.2, 0.25) is 0 Å². The highest BCUT2D eigenvalue weighted by Gasteiger charge is 2.66. The Hall–Kier alpha value is -4.61. The molecule has 6 rings (SSSR count). The first kappa shape index (κ1) is 22.8. The summed E-state index contributed by atoms with van der Waals surface area (Å²) < 4.78 is 84.4. The van der Waals surface area contributed by atoms with E-state index in [9.17, 15) is 26.7 Å². The minimum Gasteiger partial charge on any atom is -0.454 e. The largest absolute Gasteiger partial charge is 0.469 e. The maximum Gasteiger partial charge on any atom is 0.469 e. The fourth-order valence-corrected chi connectivity index (χ4v) is 4.06. The standard InChI is InChI=1S/C25H14F5N3O4/c26-15-4-1-13(2-5-15)17-11-33(32-22(17)14-3-7-20-21(9-14)36-12-35-20)23(34)31-16-6-8-19-18(10-16)24(27,28)25(29,30)37-19/h1-11H,12H2,(H,31,34). The van der Waals surface area contributed by atoms with Crippen molar-refractivity contribution in [2.45, 2.75) is 12.0 Å². The van der Waals surface area contributed by atoms with Gasteiger partial charge in [0.05, 0.1) is 5.56 Å². The molecule has 0 saturated carbocycles. The molecule has 4 aromatic rings. The predicted octanol–water partition coefficient (Wildman–Crippen LogP) is 6.24. The van der Waals surface area contributed by atoms with Crippen LogP contribution in [0.1, 0.15) is 5.56 Å². The highest BCUT2D eigenvalue weighted by molar-refractivity contribution is 5.93. The monoisotopic (exact) mass is 515 g/mol. The number of halogens is 5. The molecule has 0 atom stereocenters. The number of aromatic nitrogens is 2. The third-order valence-corrected chi connectivity index (χ3v) is 5.90. The Morgan fingerprint density at radius 3 is 2.38 bits per heavy atom. The van der Waals surface area contributed by atoms with Crippen LogP contribution in [0.4, 0.5) is 32.4 Å². The maximum absolute atomic E-state index is 14.1. The van der Waals surface area contributed by atoms with Crippen molar-refractivity contribution in [1.82, 2.24) is 9.78 Å². The number of benzene rings is 3. The Balaban J connectivity index is 1.36. The lowest BCUT2D eigenvalue weighted by molar-refractivity contribution is -0.296. The molecule has 1 amide bonds. The van der Waals surface area contributed by atoms with Crippen LogP contribution in [0.3, 0.4) is 0 Å². The molecule has 3 aromatic carbocycles. The molecule has 0 aliphatic carbocycles. The number of fused-ring (bicyclic) bond motifs is 2. The van der Waals surface area contributed by atoms with Crippen molar-refractivity contribution in [3.8, 4) is 39.6 Å². The summed E-state index contributed by atoms with van der Waals surface area (Å²) in [6.07, 6.45) is -3.33. The number of nitrogens with zero attached hydrogens (tertiary/aromatic N) is 2. The number of anilines is 1. The third kappa shape index (κ3) is 3.72. The molecule has 3 heterocycles. The average Bonchev–Trinajstić information content (AvgIpc) is 3.55. The first-order valence-electron chi connectivity index (χ1n) is 10.8. The van der Waals surface area contributed by atoms with Gasteiger partial charge in [0, 0.05) is 23.0 Å². The molecule has 1 N–H and O–H groups in total. The first-order valence-corrected chi connectivity index (χ1v) is 10.8. The molecule has 0 spiro atoms. The Morgan fingerprint density at radius 2 is 1.59 bits per heavy atom. The molecular weight excluding hydrogens is 501 g/mol. The third-order valence-electron chi connectivity index (χ3n) is 5.90. The van der Waals surface area contributed by atoms with E-state index in [0.29, 0.717) is 33.9 Å². The van der Waals surface area contributed by atoms with Gasteiger partial charge in [-0.05, 0) is 54.1 Å². The van der Waals surface area contributed by atoms with Crippen LogP contribution in [-0.4, -0.2) is 28.7 Å². The van der Waals surface area contributed by atoms with Crippen molar-refractivity contribution in [3.63, 3.8) is 0 Å². The first-order chi connectivity index (χ1) is 17.6. The summed E-state index contributed by atoms with van der Waals surface area (Å²) in [4.78, 5) is 13.0. The van der Waals surface area contributed by atoms with Crippen LogP contribution in [0, 0.1) is 5.82 Å². The summed E-state index contributed by atoms with van der Waals surface area (Å²) in [7, 11) is 0. The van der Waals surface area contributed by atoms with Gasteiger partial charge in [0.25, 0.3) is 0 Å². The van der Waals surface area contributed by atoms with Crippen molar-refractivity contribution in [2.75, 3.05) is 12.1 Å². The zero-order valence-electron chi connectivity index (χ0n) is 18.5. The summed E-state index contributed by atoms with van der Waals surface area (Å²) in [5.41, 5.74) is 0.685. The second-order valence-corrected chi connectivity index (χ2v) is 8.25. The van der Waals surface area contributed by atoms with E-state index in [-0.39, 0.29) is 12.5 Å². The smallest absolute Gasteiger partial charge is 0.454 e. The van der Waals surface area contributed by atoms with Crippen LogP contribution in [0.25, 0.3) is 22.4 Å². The number of carbonyl (C=O) groups excluding carboxylic acids is 1. The highest BCUT2D eigenvalue weighted by atomic mass is 19.3. The fourth-order valence-electron chi connectivity index (χ4n) is 4.06. The Morgan fingerprint density at radius 1 is 0.892 bits per heavy atom. The van der Waals surface area contributed by atoms with E-state index in [1.165, 1.54) is 30.5 Å². The molecule has 7 nitrogen and oxygen atoms in total. The van der Waals surface area contributed by atoms with Gasteiger partial charge >= 0.3 is 18.1 Å². The number of hydrogen-bond acceptors (Lipinski definition) is 5. The Labute approximate surface area is 205 Å². The van der Waals surface area contributed by atoms with Gasteiger partial charge in [-0.15, -0.1) is 0 Å². The van der Waals surface area contributed by atoms with Gasteiger partial charge in [0.1, 0.15) is 17.3 Å². The summed E-state index contributed by atoms with van der Waals surface area (Å²) in [5.74, 6) is -4.71. The minimum atomic E-state index is -4.70. The van der Waals surface area contributed by atoms with Gasteiger partial charge in [-0.1, -0.05) is 12.1 Å². The maximum atomic E-state index is 14.1. The van der Waals surface area contributed by atoms with Crippen LogP contribution in [-0.2, 0) is 5.92 Å². The predicted molar refractivity (Wildman–Crippen MR) is 120 cm³/mol. The molecule has 12 heteroatoms. The lowest BCUT2D eigenvalue weighted by atomic mass is 10.0. The van der Waals surface area contributed by atoms with Gasteiger partial charge in [-0.25, -0.2) is 9.18 Å². The molecule has 0 unspecified atom stereocenters. The summed E-state index contributed by atoms with van der Waals surface area (Å²) in [5, 5.41) is 6.72. The zero-order valence-corrected chi connectivity index (χ0v) is 18.5. The molecule has 0 bridgehead atoms. The number of amides is 1. The summed E-state index contributed by atoms with van der Waals surface area (Å²) >= 11 is 0. The van der Waals surface area contributed by atoms with Gasteiger partial charge in [-0.2, -0.15) is 27.3 Å². The van der Waals surface area contributed by atoms with Crippen molar-refractivity contribution >= 4 is 11.7 Å². The quantitative estimate of drug-likeness (QED) is 0.327. The molecule has 2 aliphatic rings. The number of hydrogen-bond donors (Lipinski definition) is 1. The van der Waals surface area contributed by atoms with E-state index < -0.39 is 35.2 Å². The molecule has 0 radical (unpaired) electrons. The van der Waals surface area contributed by atoms with Crippen LogP contribution >= 0.6 is 0 Å². The Kier molecular flexibility index (Phi) is 4.90. The molecule has 0 saturated heterocycles. The van der Waals surface area contributed by atoms with E-state index in [1.54, 1.807) is 18.2 Å². The second-order valence-electron chi connectivity index (χ2n) is 8.25. The molecule has 0 fully saturated rings. The van der Waals surface area contributed by atoms with Crippen molar-refractivity contribution < 1.29 is 41.0 Å². The number of rotatable bonds is 3. The molecule has 37 heavy (non-hydrogen) atoms. The van der Waals surface area contributed by atoms with E-state index >= 15 is 0 Å². The molecule has 188 valence electrons. The van der Waals surface area contributed by atoms with Crippen LogP contribution < -0.4 is 19.5 Å². The van der Waals surface area contributed by atoms with Crippen LogP contribution in [0.15, 0.2) is 66.9 Å². The summed E-state index contributed by atoms with van der Waals surface area (Å²) in [6.45, 7) is 0.0528. The van der Waals surface area contributed by atoms with Gasteiger partial charge in [0.2, 0.25) is 6.79 Å². The Bertz CT molecular complexity index is 1550. The average molecular weight is 515 g/mol. The normalized spacial score (nSPS) is 16.2. The van der Waals surface area contributed by atoms with E-state index in [2.05, 4.69) is 15.2 Å². The van der Waals surface area contributed by atoms with Gasteiger partial charge < -0.3 is 19.5 Å². The van der Waals surface area contributed by atoms with Crippen molar-refractivity contribution in [2.24, 2.45) is 0 Å². The number of carbonyl (C=O) groups is 1. The second kappa shape index (κ2) is 7.95. The lowest BCUT2D eigenvalue weighted by Crippen LogP contribution is -2.37. The lowest BCUT2D eigenvalue weighted by Gasteiger charge is -2.16.